The molecule has 0 saturated carbocycles. The molecule has 2 aromatic rings. The van der Waals surface area contributed by atoms with Crippen molar-refractivity contribution in [1.82, 2.24) is 15.2 Å². The first kappa shape index (κ1) is 20.8. The number of piperidine rings is 1. The van der Waals surface area contributed by atoms with Gasteiger partial charge in [-0.2, -0.15) is 0 Å². The van der Waals surface area contributed by atoms with E-state index in [9.17, 15) is 9.59 Å². The zero-order valence-corrected chi connectivity index (χ0v) is 18.1. The van der Waals surface area contributed by atoms with Crippen molar-refractivity contribution < 1.29 is 9.59 Å². The second kappa shape index (κ2) is 9.05. The standard InChI is InChI=1S/C21H26ClN3O2S/c1-13(2)12-18(26)25-10-8-17(9-11-25)24-20(27)19-14(3)23-21(28-19)15-4-6-16(22)7-5-15/h4-7,13,17H,8-12H2,1-3H3,(H,24,27). The number of aromatic nitrogens is 1. The number of nitrogens with zero attached hydrogens (tertiary/aromatic N) is 2. The SMILES string of the molecule is Cc1nc(-c2ccc(Cl)cc2)sc1C(=O)NC1CCN(C(=O)CC(C)C)CC1. The molecule has 5 nitrogen and oxygen atoms in total. The maximum Gasteiger partial charge on any atom is 0.263 e. The lowest BCUT2D eigenvalue weighted by atomic mass is 10.0. The van der Waals surface area contributed by atoms with Gasteiger partial charge in [0.1, 0.15) is 9.88 Å². The number of halogens is 1. The molecule has 1 saturated heterocycles. The van der Waals surface area contributed by atoms with Crippen LogP contribution in [0.1, 0.15) is 48.5 Å². The number of carbonyl (C=O) groups is 2. The van der Waals surface area contributed by atoms with E-state index >= 15 is 0 Å². The number of benzene rings is 1. The minimum atomic E-state index is -0.0813. The molecule has 2 amide bonds. The van der Waals surface area contributed by atoms with Crippen LogP contribution in [0.5, 0.6) is 0 Å². The summed E-state index contributed by atoms with van der Waals surface area (Å²) >= 11 is 7.34. The van der Waals surface area contributed by atoms with Crippen LogP contribution in [0.3, 0.4) is 0 Å². The Morgan fingerprint density at radius 1 is 1.25 bits per heavy atom. The van der Waals surface area contributed by atoms with Gasteiger partial charge >= 0.3 is 0 Å². The summed E-state index contributed by atoms with van der Waals surface area (Å²) in [6, 6.07) is 7.55. The van der Waals surface area contributed by atoms with Crippen molar-refractivity contribution in [3.63, 3.8) is 0 Å². The first-order valence-electron chi connectivity index (χ1n) is 9.65. The molecule has 1 aromatic carbocycles. The Kier molecular flexibility index (Phi) is 6.73. The molecule has 0 bridgehead atoms. The average Bonchev–Trinajstić information content (AvgIpc) is 3.04. The summed E-state index contributed by atoms with van der Waals surface area (Å²) < 4.78 is 0. The summed E-state index contributed by atoms with van der Waals surface area (Å²) in [5.74, 6) is 0.502. The molecule has 1 aromatic heterocycles. The summed E-state index contributed by atoms with van der Waals surface area (Å²) in [7, 11) is 0. The molecule has 7 heteroatoms. The fourth-order valence-corrected chi connectivity index (χ4v) is 4.43. The zero-order valence-electron chi connectivity index (χ0n) is 16.5. The lowest BCUT2D eigenvalue weighted by Crippen LogP contribution is -2.46. The second-order valence-corrected chi connectivity index (χ2v) is 9.10. The molecule has 150 valence electrons. The average molecular weight is 420 g/mol. The summed E-state index contributed by atoms with van der Waals surface area (Å²) in [5, 5.41) is 4.61. The highest BCUT2D eigenvalue weighted by Gasteiger charge is 2.25. The smallest absolute Gasteiger partial charge is 0.263 e. The third-order valence-electron chi connectivity index (χ3n) is 4.86. The second-order valence-electron chi connectivity index (χ2n) is 7.67. The predicted octanol–water partition coefficient (Wildman–Crippen LogP) is 4.54. The van der Waals surface area contributed by atoms with Crippen LogP contribution in [-0.2, 0) is 4.79 Å². The number of hydrogen-bond donors (Lipinski definition) is 1. The lowest BCUT2D eigenvalue weighted by molar-refractivity contribution is -0.133. The van der Waals surface area contributed by atoms with Crippen molar-refractivity contribution in [2.24, 2.45) is 5.92 Å². The molecule has 1 N–H and O–H groups in total. The molecule has 0 atom stereocenters. The van der Waals surface area contributed by atoms with E-state index in [0.29, 0.717) is 35.3 Å². The third kappa shape index (κ3) is 5.11. The van der Waals surface area contributed by atoms with Crippen LogP contribution in [0.2, 0.25) is 5.02 Å². The first-order valence-corrected chi connectivity index (χ1v) is 10.8. The summed E-state index contributed by atoms with van der Waals surface area (Å²) in [6.45, 7) is 7.38. The molecule has 0 unspecified atom stereocenters. The monoisotopic (exact) mass is 419 g/mol. The van der Waals surface area contributed by atoms with E-state index in [2.05, 4.69) is 24.1 Å². The highest BCUT2D eigenvalue weighted by Crippen LogP contribution is 2.29. The first-order chi connectivity index (χ1) is 13.3. The van der Waals surface area contributed by atoms with Gasteiger partial charge in [-0.05, 0) is 37.8 Å². The molecule has 3 rings (SSSR count). The van der Waals surface area contributed by atoms with Crippen molar-refractivity contribution in [3.05, 3.63) is 39.9 Å². The van der Waals surface area contributed by atoms with Gasteiger partial charge in [0, 0.05) is 36.1 Å². The van der Waals surface area contributed by atoms with Crippen LogP contribution in [0.15, 0.2) is 24.3 Å². The van der Waals surface area contributed by atoms with Crippen molar-refractivity contribution in [1.29, 1.82) is 0 Å². The predicted molar refractivity (Wildman–Crippen MR) is 114 cm³/mol. The molecule has 1 aliphatic rings. The number of nitrogens with one attached hydrogen (secondary N) is 1. The maximum absolute atomic E-state index is 12.8. The summed E-state index contributed by atoms with van der Waals surface area (Å²) in [5.41, 5.74) is 1.69. The molecule has 0 spiro atoms. The number of carbonyl (C=O) groups excluding carboxylic acids is 2. The topological polar surface area (TPSA) is 62.3 Å². The van der Waals surface area contributed by atoms with Crippen LogP contribution < -0.4 is 5.32 Å². The number of rotatable bonds is 5. The van der Waals surface area contributed by atoms with Crippen LogP contribution in [0, 0.1) is 12.8 Å². The Labute approximate surface area is 175 Å². The molecule has 0 radical (unpaired) electrons. The molecule has 2 heterocycles. The fourth-order valence-electron chi connectivity index (χ4n) is 3.33. The number of hydrogen-bond acceptors (Lipinski definition) is 4. The van der Waals surface area contributed by atoms with Gasteiger partial charge in [0.15, 0.2) is 0 Å². The number of thiazole rings is 1. The zero-order chi connectivity index (χ0) is 20.3. The minimum absolute atomic E-state index is 0.0813. The number of likely N-dealkylation sites (tertiary alicyclic amines) is 1. The Morgan fingerprint density at radius 3 is 2.50 bits per heavy atom. The van der Waals surface area contributed by atoms with E-state index in [1.54, 1.807) is 0 Å². The van der Waals surface area contributed by atoms with E-state index in [0.717, 1.165) is 29.1 Å². The van der Waals surface area contributed by atoms with Crippen LogP contribution in [0.4, 0.5) is 0 Å². The normalized spacial score (nSPS) is 15.1. The van der Waals surface area contributed by atoms with Gasteiger partial charge in [-0.25, -0.2) is 4.98 Å². The Morgan fingerprint density at radius 2 is 1.89 bits per heavy atom. The van der Waals surface area contributed by atoms with E-state index in [1.807, 2.05) is 36.1 Å². The van der Waals surface area contributed by atoms with E-state index in [-0.39, 0.29) is 17.9 Å². The molecule has 0 aliphatic carbocycles. The van der Waals surface area contributed by atoms with Crippen molar-refractivity contribution in [2.45, 2.75) is 46.1 Å². The molecular formula is C21H26ClN3O2S. The van der Waals surface area contributed by atoms with Crippen molar-refractivity contribution >= 4 is 34.8 Å². The highest BCUT2D eigenvalue weighted by molar-refractivity contribution is 7.17. The largest absolute Gasteiger partial charge is 0.348 e. The van der Waals surface area contributed by atoms with Gasteiger partial charge in [0.05, 0.1) is 5.69 Å². The third-order valence-corrected chi connectivity index (χ3v) is 6.32. The molecule has 1 aliphatic heterocycles. The van der Waals surface area contributed by atoms with Crippen LogP contribution >= 0.6 is 22.9 Å². The van der Waals surface area contributed by atoms with E-state index in [4.69, 9.17) is 11.6 Å². The molecular weight excluding hydrogens is 394 g/mol. The number of aryl methyl sites for hydroxylation is 1. The van der Waals surface area contributed by atoms with Gasteiger partial charge in [-0.15, -0.1) is 11.3 Å². The minimum Gasteiger partial charge on any atom is -0.348 e. The van der Waals surface area contributed by atoms with Gasteiger partial charge < -0.3 is 10.2 Å². The molecule has 1 fully saturated rings. The van der Waals surface area contributed by atoms with E-state index < -0.39 is 0 Å². The van der Waals surface area contributed by atoms with E-state index in [1.165, 1.54) is 11.3 Å². The van der Waals surface area contributed by atoms with Gasteiger partial charge in [-0.1, -0.05) is 37.6 Å². The van der Waals surface area contributed by atoms with Crippen molar-refractivity contribution in [2.75, 3.05) is 13.1 Å². The number of amides is 2. The maximum atomic E-state index is 12.8. The highest BCUT2D eigenvalue weighted by atomic mass is 35.5. The summed E-state index contributed by atoms with van der Waals surface area (Å²) in [4.78, 5) is 32.0. The van der Waals surface area contributed by atoms with Gasteiger partial charge in [-0.3, -0.25) is 9.59 Å². The van der Waals surface area contributed by atoms with Crippen LogP contribution in [0.25, 0.3) is 10.6 Å². The summed E-state index contributed by atoms with van der Waals surface area (Å²) in [6.07, 6.45) is 2.17. The lowest BCUT2D eigenvalue weighted by Gasteiger charge is -2.32. The Hall–Kier alpha value is -1.92. The Bertz CT molecular complexity index is 840. The quantitative estimate of drug-likeness (QED) is 0.773. The van der Waals surface area contributed by atoms with Crippen LogP contribution in [-0.4, -0.2) is 40.8 Å². The molecule has 28 heavy (non-hydrogen) atoms. The van der Waals surface area contributed by atoms with Gasteiger partial charge in [0.2, 0.25) is 5.91 Å². The van der Waals surface area contributed by atoms with Gasteiger partial charge in [0.25, 0.3) is 5.91 Å². The fraction of sp³-hybridized carbons (Fsp3) is 0.476. The Balaban J connectivity index is 1.59. The van der Waals surface area contributed by atoms with Crippen molar-refractivity contribution in [3.8, 4) is 10.6 Å².